The molecule has 1 saturated carbocycles. The number of hydrogen-bond donors (Lipinski definition) is 2. The Morgan fingerprint density at radius 1 is 1.25 bits per heavy atom. The van der Waals surface area contributed by atoms with Crippen LogP contribution < -0.4 is 10.6 Å². The fourth-order valence-electron chi connectivity index (χ4n) is 2.95. The minimum Gasteiger partial charge on any atom is -0.352 e. The van der Waals surface area contributed by atoms with Gasteiger partial charge in [0.25, 0.3) is 5.69 Å². The highest BCUT2D eigenvalue weighted by Crippen LogP contribution is 2.24. The first-order chi connectivity index (χ1) is 11.5. The summed E-state index contributed by atoms with van der Waals surface area (Å²) in [7, 11) is 0. The van der Waals surface area contributed by atoms with Gasteiger partial charge in [0, 0.05) is 12.1 Å². The van der Waals surface area contributed by atoms with E-state index in [4.69, 9.17) is 0 Å². The third kappa shape index (κ3) is 3.88. The van der Waals surface area contributed by atoms with Crippen molar-refractivity contribution >= 4 is 23.2 Å². The van der Waals surface area contributed by atoms with Crippen molar-refractivity contribution in [2.24, 2.45) is 0 Å². The zero-order chi connectivity index (χ0) is 17.1. The number of anilines is 1. The summed E-state index contributed by atoms with van der Waals surface area (Å²) in [6.45, 7) is 0.724. The van der Waals surface area contributed by atoms with E-state index in [0.29, 0.717) is 12.6 Å². The van der Waals surface area contributed by atoms with Gasteiger partial charge < -0.3 is 10.6 Å². The lowest BCUT2D eigenvalue weighted by Crippen LogP contribution is -2.46. The van der Waals surface area contributed by atoms with Crippen LogP contribution in [0.25, 0.3) is 0 Å². The van der Waals surface area contributed by atoms with Crippen molar-refractivity contribution in [2.45, 2.75) is 37.8 Å². The second-order valence-electron chi connectivity index (χ2n) is 6.23. The molecule has 2 N–H and O–H groups in total. The summed E-state index contributed by atoms with van der Waals surface area (Å²) < 4.78 is 0. The molecule has 1 heterocycles. The molecule has 1 aromatic rings. The van der Waals surface area contributed by atoms with Crippen LogP contribution in [0.1, 0.15) is 25.7 Å². The predicted molar refractivity (Wildman–Crippen MR) is 87.5 cm³/mol. The average Bonchev–Trinajstić information content (AvgIpc) is 3.23. The molecule has 1 aromatic carbocycles. The Morgan fingerprint density at radius 3 is 2.71 bits per heavy atom. The van der Waals surface area contributed by atoms with Crippen LogP contribution in [0.3, 0.4) is 0 Å². The number of nitrogens with one attached hydrogen (secondary N) is 2. The lowest BCUT2D eigenvalue weighted by atomic mass is 10.2. The van der Waals surface area contributed by atoms with Crippen LogP contribution in [0.2, 0.25) is 0 Å². The fourth-order valence-corrected chi connectivity index (χ4v) is 2.95. The number of amides is 2. The third-order valence-electron chi connectivity index (χ3n) is 4.31. The highest BCUT2D eigenvalue weighted by atomic mass is 16.6. The number of nitrogens with zero attached hydrogens (tertiary/aromatic N) is 2. The molecule has 0 bridgehead atoms. The Hall–Kier alpha value is -2.48. The summed E-state index contributed by atoms with van der Waals surface area (Å²) in [5.41, 5.74) is 0.0287. The highest BCUT2D eigenvalue weighted by Gasteiger charge is 2.34. The van der Waals surface area contributed by atoms with Crippen molar-refractivity contribution in [2.75, 3.05) is 18.4 Å². The van der Waals surface area contributed by atoms with Crippen molar-refractivity contribution in [1.82, 2.24) is 10.2 Å². The Balaban J connectivity index is 1.59. The summed E-state index contributed by atoms with van der Waals surface area (Å²) in [6, 6.07) is 6.02. The van der Waals surface area contributed by atoms with E-state index < -0.39 is 4.92 Å². The van der Waals surface area contributed by atoms with Crippen LogP contribution >= 0.6 is 0 Å². The number of para-hydroxylation sites is 2. The summed E-state index contributed by atoms with van der Waals surface area (Å²) in [4.78, 5) is 36.7. The predicted octanol–water partition coefficient (Wildman–Crippen LogP) is 1.28. The molecule has 8 heteroatoms. The van der Waals surface area contributed by atoms with Crippen LogP contribution in [0.4, 0.5) is 11.4 Å². The maximum absolute atomic E-state index is 12.2. The van der Waals surface area contributed by atoms with Gasteiger partial charge in [0.05, 0.1) is 17.5 Å². The quantitative estimate of drug-likeness (QED) is 0.603. The van der Waals surface area contributed by atoms with Crippen LogP contribution in [0.5, 0.6) is 0 Å². The number of nitro benzene ring substituents is 1. The number of carbonyl (C=O) groups excluding carboxylic acids is 2. The van der Waals surface area contributed by atoms with Gasteiger partial charge in [0.2, 0.25) is 11.8 Å². The third-order valence-corrected chi connectivity index (χ3v) is 4.31. The van der Waals surface area contributed by atoms with E-state index >= 15 is 0 Å². The molecule has 2 aliphatic rings. The number of carbonyl (C=O) groups is 2. The van der Waals surface area contributed by atoms with Gasteiger partial charge in [-0.05, 0) is 38.3 Å². The molecular formula is C16H20N4O4. The van der Waals surface area contributed by atoms with Crippen molar-refractivity contribution < 1.29 is 14.5 Å². The van der Waals surface area contributed by atoms with E-state index in [1.165, 1.54) is 12.1 Å². The molecule has 24 heavy (non-hydrogen) atoms. The van der Waals surface area contributed by atoms with Crippen LogP contribution in [0, 0.1) is 10.1 Å². The van der Waals surface area contributed by atoms with Gasteiger partial charge in [0.15, 0.2) is 0 Å². The number of benzene rings is 1. The number of likely N-dealkylation sites (tertiary alicyclic amines) is 1. The van der Waals surface area contributed by atoms with E-state index in [1.54, 1.807) is 12.1 Å². The van der Waals surface area contributed by atoms with Crippen molar-refractivity contribution in [3.05, 3.63) is 34.4 Å². The largest absolute Gasteiger partial charge is 0.352 e. The maximum atomic E-state index is 12.2. The fraction of sp³-hybridized carbons (Fsp3) is 0.500. The van der Waals surface area contributed by atoms with Crippen LogP contribution in [0.15, 0.2) is 24.3 Å². The van der Waals surface area contributed by atoms with Gasteiger partial charge in [0.1, 0.15) is 5.69 Å². The average molecular weight is 332 g/mol. The Morgan fingerprint density at radius 2 is 2.00 bits per heavy atom. The standard InChI is InChI=1S/C16H20N4O4/c21-15(18-12-4-1-2-5-13(12)20(23)24)10-19-9-3-6-14(19)16(22)17-11-7-8-11/h1-2,4-5,11,14H,3,6-10H2,(H,17,22)(H,18,21). The molecule has 1 aliphatic carbocycles. The Labute approximate surface area is 139 Å². The van der Waals surface area contributed by atoms with Gasteiger partial charge >= 0.3 is 0 Å². The number of hydrogen-bond acceptors (Lipinski definition) is 5. The van der Waals surface area contributed by atoms with Crippen LogP contribution in [-0.2, 0) is 9.59 Å². The zero-order valence-electron chi connectivity index (χ0n) is 13.2. The first kappa shape index (κ1) is 16.4. The van der Waals surface area contributed by atoms with E-state index in [9.17, 15) is 19.7 Å². The van der Waals surface area contributed by atoms with Crippen molar-refractivity contribution in [3.63, 3.8) is 0 Å². The maximum Gasteiger partial charge on any atom is 0.292 e. The molecule has 1 atom stereocenters. The molecule has 2 amide bonds. The molecular weight excluding hydrogens is 312 g/mol. The first-order valence-electron chi connectivity index (χ1n) is 8.12. The van der Waals surface area contributed by atoms with Crippen molar-refractivity contribution in [1.29, 1.82) is 0 Å². The molecule has 1 saturated heterocycles. The minimum absolute atomic E-state index is 0.0199. The Kier molecular flexibility index (Phi) is 4.75. The molecule has 8 nitrogen and oxygen atoms in total. The molecule has 0 spiro atoms. The van der Waals surface area contributed by atoms with E-state index in [-0.39, 0.29) is 35.8 Å². The summed E-state index contributed by atoms with van der Waals surface area (Å²) in [6.07, 6.45) is 3.64. The summed E-state index contributed by atoms with van der Waals surface area (Å²) in [5, 5.41) is 16.5. The number of rotatable bonds is 6. The zero-order valence-corrected chi connectivity index (χ0v) is 13.2. The lowest BCUT2D eigenvalue weighted by Gasteiger charge is -2.23. The second kappa shape index (κ2) is 6.96. The van der Waals surface area contributed by atoms with Gasteiger partial charge in [-0.3, -0.25) is 24.6 Å². The molecule has 3 rings (SSSR count). The van der Waals surface area contributed by atoms with Gasteiger partial charge in [-0.15, -0.1) is 0 Å². The molecule has 2 fully saturated rings. The first-order valence-corrected chi connectivity index (χ1v) is 8.12. The van der Waals surface area contributed by atoms with Gasteiger partial charge in [-0.1, -0.05) is 12.1 Å². The molecule has 1 unspecified atom stereocenters. The Bertz CT molecular complexity index is 659. The van der Waals surface area contributed by atoms with E-state index in [2.05, 4.69) is 10.6 Å². The molecule has 128 valence electrons. The normalized spacial score (nSPS) is 20.6. The van der Waals surface area contributed by atoms with Crippen LogP contribution in [-0.4, -0.2) is 46.8 Å². The molecule has 0 radical (unpaired) electrons. The minimum atomic E-state index is -0.530. The topological polar surface area (TPSA) is 105 Å². The molecule has 1 aliphatic heterocycles. The lowest BCUT2D eigenvalue weighted by molar-refractivity contribution is -0.383. The van der Waals surface area contributed by atoms with Gasteiger partial charge in [-0.2, -0.15) is 0 Å². The van der Waals surface area contributed by atoms with Gasteiger partial charge in [-0.25, -0.2) is 0 Å². The summed E-state index contributed by atoms with van der Waals surface area (Å²) in [5.74, 6) is -0.371. The van der Waals surface area contributed by atoms with E-state index in [0.717, 1.165) is 25.7 Å². The number of nitro groups is 1. The monoisotopic (exact) mass is 332 g/mol. The second-order valence-corrected chi connectivity index (χ2v) is 6.23. The van der Waals surface area contributed by atoms with Crippen molar-refractivity contribution in [3.8, 4) is 0 Å². The smallest absolute Gasteiger partial charge is 0.292 e. The molecule has 0 aromatic heterocycles. The van der Waals surface area contributed by atoms with E-state index in [1.807, 2.05) is 4.90 Å². The SMILES string of the molecule is O=C(CN1CCCC1C(=O)NC1CC1)Nc1ccccc1[N+](=O)[O-]. The summed E-state index contributed by atoms with van der Waals surface area (Å²) >= 11 is 0. The highest BCUT2D eigenvalue weighted by molar-refractivity contribution is 5.95.